The van der Waals surface area contributed by atoms with Crippen LogP contribution < -0.4 is 15.4 Å². The van der Waals surface area contributed by atoms with Gasteiger partial charge in [-0.2, -0.15) is 0 Å². The van der Waals surface area contributed by atoms with Crippen molar-refractivity contribution < 1.29 is 19.1 Å². The highest BCUT2D eigenvalue weighted by Gasteiger charge is 2.12. The lowest BCUT2D eigenvalue weighted by atomic mass is 10.1. The molecule has 7 heteroatoms. The van der Waals surface area contributed by atoms with Crippen LogP contribution in [0.5, 0.6) is 5.75 Å². The molecule has 0 aromatic heterocycles. The predicted octanol–water partition coefficient (Wildman–Crippen LogP) is 3.33. The molecular formula is C23H29N3O4. The SMILES string of the molecule is CCN(CC)C(=O)c1ccc(NC(=O)CCCNC(=O)c2ccc(OC)cc2)cc1. The number of methoxy groups -OCH3 is 1. The van der Waals surface area contributed by atoms with E-state index in [1.54, 1.807) is 60.5 Å². The van der Waals surface area contributed by atoms with E-state index in [1.807, 2.05) is 13.8 Å². The van der Waals surface area contributed by atoms with Crippen LogP contribution in [0, 0.1) is 0 Å². The number of nitrogens with zero attached hydrogens (tertiary/aromatic N) is 1. The number of hydrogen-bond acceptors (Lipinski definition) is 4. The van der Waals surface area contributed by atoms with E-state index in [0.29, 0.717) is 48.6 Å². The molecule has 0 fully saturated rings. The largest absolute Gasteiger partial charge is 0.497 e. The summed E-state index contributed by atoms with van der Waals surface area (Å²) < 4.78 is 5.07. The van der Waals surface area contributed by atoms with Crippen molar-refractivity contribution in [2.75, 3.05) is 32.1 Å². The third kappa shape index (κ3) is 6.62. The number of benzene rings is 2. The average molecular weight is 412 g/mol. The van der Waals surface area contributed by atoms with E-state index >= 15 is 0 Å². The highest BCUT2D eigenvalue weighted by Crippen LogP contribution is 2.13. The second kappa shape index (κ2) is 11.6. The Morgan fingerprint density at radius 1 is 0.900 bits per heavy atom. The van der Waals surface area contributed by atoms with Gasteiger partial charge in [-0.1, -0.05) is 0 Å². The van der Waals surface area contributed by atoms with E-state index < -0.39 is 0 Å². The molecule has 0 saturated carbocycles. The number of hydrogen-bond donors (Lipinski definition) is 2. The Morgan fingerprint density at radius 2 is 1.50 bits per heavy atom. The number of carbonyl (C=O) groups excluding carboxylic acids is 3. The lowest BCUT2D eigenvalue weighted by molar-refractivity contribution is -0.116. The minimum absolute atomic E-state index is 0.0227. The Morgan fingerprint density at radius 3 is 2.07 bits per heavy atom. The Kier molecular flexibility index (Phi) is 8.87. The molecule has 0 heterocycles. The molecular weight excluding hydrogens is 382 g/mol. The molecule has 2 rings (SSSR count). The smallest absolute Gasteiger partial charge is 0.253 e. The lowest BCUT2D eigenvalue weighted by Crippen LogP contribution is -2.30. The zero-order chi connectivity index (χ0) is 21.9. The zero-order valence-corrected chi connectivity index (χ0v) is 17.7. The lowest BCUT2D eigenvalue weighted by Gasteiger charge is -2.18. The van der Waals surface area contributed by atoms with Gasteiger partial charge >= 0.3 is 0 Å². The monoisotopic (exact) mass is 411 g/mol. The Bertz CT molecular complexity index is 844. The number of anilines is 1. The van der Waals surface area contributed by atoms with Crippen molar-refractivity contribution >= 4 is 23.4 Å². The molecule has 0 spiro atoms. The standard InChI is InChI=1S/C23H29N3O4/c1-4-26(5-2)23(29)18-8-12-19(13-9-18)25-21(27)7-6-16-24-22(28)17-10-14-20(30-3)15-11-17/h8-15H,4-7,16H2,1-3H3,(H,24,28)(H,25,27). The first-order chi connectivity index (χ1) is 14.5. The molecule has 7 nitrogen and oxygen atoms in total. The minimum atomic E-state index is -0.188. The van der Waals surface area contributed by atoms with Gasteiger partial charge in [0.05, 0.1) is 7.11 Å². The molecule has 0 aliphatic rings. The first-order valence-corrected chi connectivity index (χ1v) is 10.1. The molecule has 3 amide bonds. The highest BCUT2D eigenvalue weighted by atomic mass is 16.5. The molecule has 0 unspecified atom stereocenters. The van der Waals surface area contributed by atoms with Crippen LogP contribution in [0.25, 0.3) is 0 Å². The maximum absolute atomic E-state index is 12.3. The number of amides is 3. The summed E-state index contributed by atoms with van der Waals surface area (Å²) >= 11 is 0. The Labute approximate surface area is 177 Å². The van der Waals surface area contributed by atoms with Gasteiger partial charge in [-0.3, -0.25) is 14.4 Å². The molecule has 2 aromatic carbocycles. The Balaban J connectivity index is 1.74. The summed E-state index contributed by atoms with van der Waals surface area (Å²) in [4.78, 5) is 38.2. The van der Waals surface area contributed by atoms with Crippen LogP contribution in [0.4, 0.5) is 5.69 Å². The molecule has 30 heavy (non-hydrogen) atoms. The molecule has 0 saturated heterocycles. The van der Waals surface area contributed by atoms with Crippen molar-refractivity contribution in [1.82, 2.24) is 10.2 Å². The quantitative estimate of drug-likeness (QED) is 0.587. The van der Waals surface area contributed by atoms with E-state index in [0.717, 1.165) is 0 Å². The summed E-state index contributed by atoms with van der Waals surface area (Å²) in [6, 6.07) is 13.7. The number of ether oxygens (including phenoxy) is 1. The van der Waals surface area contributed by atoms with Crippen LogP contribution in [0.1, 0.15) is 47.4 Å². The molecule has 0 bridgehead atoms. The van der Waals surface area contributed by atoms with Gasteiger partial charge in [0.25, 0.3) is 11.8 Å². The van der Waals surface area contributed by atoms with Gasteiger partial charge < -0.3 is 20.3 Å². The topological polar surface area (TPSA) is 87.7 Å². The van der Waals surface area contributed by atoms with Crippen LogP contribution in [0.2, 0.25) is 0 Å². The van der Waals surface area contributed by atoms with Crippen molar-refractivity contribution in [3.05, 3.63) is 59.7 Å². The Hall–Kier alpha value is -3.35. The van der Waals surface area contributed by atoms with Crippen molar-refractivity contribution in [2.24, 2.45) is 0 Å². The summed E-state index contributed by atoms with van der Waals surface area (Å²) in [5.41, 5.74) is 1.77. The maximum atomic E-state index is 12.3. The van der Waals surface area contributed by atoms with Gasteiger partial charge in [-0.25, -0.2) is 0 Å². The van der Waals surface area contributed by atoms with Crippen LogP contribution in [0.15, 0.2) is 48.5 Å². The third-order valence-electron chi connectivity index (χ3n) is 4.68. The van der Waals surface area contributed by atoms with Crippen molar-refractivity contribution in [2.45, 2.75) is 26.7 Å². The predicted molar refractivity (Wildman–Crippen MR) is 117 cm³/mol. The first kappa shape index (κ1) is 22.9. The zero-order valence-electron chi connectivity index (χ0n) is 17.7. The second-order valence-corrected chi connectivity index (χ2v) is 6.69. The van der Waals surface area contributed by atoms with Crippen LogP contribution >= 0.6 is 0 Å². The third-order valence-corrected chi connectivity index (χ3v) is 4.68. The van der Waals surface area contributed by atoms with Crippen LogP contribution in [-0.2, 0) is 4.79 Å². The average Bonchev–Trinajstić information content (AvgIpc) is 2.78. The van der Waals surface area contributed by atoms with E-state index in [1.165, 1.54) is 0 Å². The molecule has 0 aliphatic carbocycles. The van der Waals surface area contributed by atoms with E-state index in [-0.39, 0.29) is 24.1 Å². The normalized spacial score (nSPS) is 10.2. The summed E-state index contributed by atoms with van der Waals surface area (Å²) in [6.45, 7) is 5.59. The second-order valence-electron chi connectivity index (χ2n) is 6.69. The van der Waals surface area contributed by atoms with Gasteiger partial charge in [0.1, 0.15) is 5.75 Å². The summed E-state index contributed by atoms with van der Waals surface area (Å²) in [6.07, 6.45) is 0.801. The van der Waals surface area contributed by atoms with Gasteiger partial charge in [-0.05, 0) is 68.8 Å². The summed E-state index contributed by atoms with van der Waals surface area (Å²) in [5.74, 6) is 0.335. The summed E-state index contributed by atoms with van der Waals surface area (Å²) in [5, 5.41) is 5.60. The fourth-order valence-corrected chi connectivity index (χ4v) is 2.91. The van der Waals surface area contributed by atoms with Crippen LogP contribution in [0.3, 0.4) is 0 Å². The van der Waals surface area contributed by atoms with Gasteiger partial charge in [0.15, 0.2) is 0 Å². The molecule has 2 N–H and O–H groups in total. The van der Waals surface area contributed by atoms with Gasteiger partial charge in [0, 0.05) is 42.9 Å². The minimum Gasteiger partial charge on any atom is -0.497 e. The first-order valence-electron chi connectivity index (χ1n) is 10.1. The maximum Gasteiger partial charge on any atom is 0.253 e. The highest BCUT2D eigenvalue weighted by molar-refractivity contribution is 5.96. The van der Waals surface area contributed by atoms with E-state index in [4.69, 9.17) is 4.74 Å². The van der Waals surface area contributed by atoms with E-state index in [2.05, 4.69) is 10.6 Å². The molecule has 0 radical (unpaired) electrons. The fourth-order valence-electron chi connectivity index (χ4n) is 2.91. The molecule has 160 valence electrons. The fraction of sp³-hybridized carbons (Fsp3) is 0.348. The van der Waals surface area contributed by atoms with Crippen molar-refractivity contribution in [1.29, 1.82) is 0 Å². The van der Waals surface area contributed by atoms with E-state index in [9.17, 15) is 14.4 Å². The number of rotatable bonds is 10. The summed E-state index contributed by atoms with van der Waals surface area (Å²) in [7, 11) is 1.57. The molecule has 0 atom stereocenters. The molecule has 0 aliphatic heterocycles. The molecule has 2 aromatic rings. The van der Waals surface area contributed by atoms with Gasteiger partial charge in [0.2, 0.25) is 5.91 Å². The number of nitrogens with one attached hydrogen (secondary N) is 2. The van der Waals surface area contributed by atoms with Crippen LogP contribution in [-0.4, -0.2) is 49.4 Å². The van der Waals surface area contributed by atoms with Crippen molar-refractivity contribution in [3.63, 3.8) is 0 Å². The van der Waals surface area contributed by atoms with Crippen molar-refractivity contribution in [3.8, 4) is 5.75 Å². The number of carbonyl (C=O) groups is 3. The van der Waals surface area contributed by atoms with Gasteiger partial charge in [-0.15, -0.1) is 0 Å².